The number of benzene rings is 1. The highest BCUT2D eigenvalue weighted by Crippen LogP contribution is 2.33. The lowest BCUT2D eigenvalue weighted by atomic mass is 10.0. The molecule has 0 saturated carbocycles. The van der Waals surface area contributed by atoms with Crippen LogP contribution in [0.4, 0.5) is 10.3 Å². The van der Waals surface area contributed by atoms with Gasteiger partial charge in [0.1, 0.15) is 17.4 Å². The van der Waals surface area contributed by atoms with Gasteiger partial charge in [-0.05, 0) is 39.3 Å². The van der Waals surface area contributed by atoms with Crippen molar-refractivity contribution in [2.45, 2.75) is 51.5 Å². The molecule has 190 valence electrons. The Morgan fingerprint density at radius 2 is 1.97 bits per heavy atom. The number of hydrogen-bond acceptors (Lipinski definition) is 8. The monoisotopic (exact) mass is 526 g/mol. The number of aliphatic hydroxyl groups excluding tert-OH is 2. The van der Waals surface area contributed by atoms with Gasteiger partial charge in [0.25, 0.3) is 0 Å². The maximum Gasteiger partial charge on any atom is 0.223 e. The Kier molecular flexibility index (Phi) is 7.04. The number of anilines is 1. The lowest BCUT2D eigenvalue weighted by Gasteiger charge is -2.34. The maximum absolute atomic E-state index is 15.1. The molecule has 13 heteroatoms. The zero-order valence-electron chi connectivity index (χ0n) is 19.8. The molecule has 3 atom stereocenters. The minimum atomic E-state index is -3.40. The first-order valence-electron chi connectivity index (χ1n) is 11.2. The van der Waals surface area contributed by atoms with Crippen LogP contribution in [0, 0.1) is 5.82 Å². The summed E-state index contributed by atoms with van der Waals surface area (Å²) >= 11 is 6.37. The normalized spacial score (nSPS) is 20.5. The van der Waals surface area contributed by atoms with Gasteiger partial charge in [-0.15, -0.1) is 0 Å². The van der Waals surface area contributed by atoms with E-state index < -0.39 is 34.1 Å². The summed E-state index contributed by atoms with van der Waals surface area (Å²) in [7, 11) is -3.40. The van der Waals surface area contributed by atoms with Gasteiger partial charge in [-0.3, -0.25) is 0 Å². The molecule has 1 aliphatic heterocycles. The van der Waals surface area contributed by atoms with Crippen LogP contribution in [-0.4, -0.2) is 73.9 Å². The van der Waals surface area contributed by atoms with Crippen LogP contribution in [0.2, 0.25) is 5.02 Å². The average Bonchev–Trinajstić information content (AvgIpc) is 3.16. The van der Waals surface area contributed by atoms with Gasteiger partial charge in [0.2, 0.25) is 16.0 Å². The average molecular weight is 527 g/mol. The summed E-state index contributed by atoms with van der Waals surface area (Å²) in [6.45, 7) is 5.62. The second kappa shape index (κ2) is 9.58. The van der Waals surface area contributed by atoms with Crippen molar-refractivity contribution in [3.05, 3.63) is 35.0 Å². The molecule has 10 nitrogen and oxygen atoms in total. The Hall–Kier alpha value is -2.38. The summed E-state index contributed by atoms with van der Waals surface area (Å²) in [5.41, 5.74) is 1.32. The van der Waals surface area contributed by atoms with Gasteiger partial charge < -0.3 is 20.1 Å². The van der Waals surface area contributed by atoms with E-state index in [0.717, 1.165) is 6.26 Å². The number of piperidine rings is 1. The van der Waals surface area contributed by atoms with E-state index in [4.69, 9.17) is 11.6 Å². The predicted octanol–water partition coefficient (Wildman–Crippen LogP) is 2.73. The van der Waals surface area contributed by atoms with E-state index in [1.807, 2.05) is 13.8 Å². The van der Waals surface area contributed by atoms with Crippen LogP contribution in [0.1, 0.15) is 45.2 Å². The van der Waals surface area contributed by atoms with Crippen LogP contribution in [-0.2, 0) is 10.0 Å². The predicted molar refractivity (Wildman–Crippen MR) is 131 cm³/mol. The fourth-order valence-electron chi connectivity index (χ4n) is 4.32. The largest absolute Gasteiger partial charge is 0.390 e. The van der Waals surface area contributed by atoms with Crippen LogP contribution in [0.3, 0.4) is 0 Å². The van der Waals surface area contributed by atoms with Gasteiger partial charge in [0.15, 0.2) is 5.82 Å². The fraction of sp³-hybridized carbons (Fsp3) is 0.500. The standard InChI is InChI=1S/C22H28ClFN6O4S/c1-11(2)30-17-8-13(7-15(24)20(17)27-21(30)12(3)31)19-14(23)9-25-22(28-19)26-16-5-6-29(10-18(16)32)35(4,33)34/h7-9,11-12,16,18,31-32H,5-6,10H2,1-4H3,(H,25,26,28)/t12?,16-,18-/m1/s1. The molecule has 2 aromatic heterocycles. The van der Waals surface area contributed by atoms with Crippen molar-refractivity contribution < 1.29 is 23.0 Å². The smallest absolute Gasteiger partial charge is 0.223 e. The Balaban J connectivity index is 1.69. The molecule has 1 unspecified atom stereocenters. The number of nitrogens with one attached hydrogen (secondary N) is 1. The van der Waals surface area contributed by atoms with Crippen LogP contribution in [0.5, 0.6) is 0 Å². The Morgan fingerprint density at radius 1 is 1.26 bits per heavy atom. The highest BCUT2D eigenvalue weighted by molar-refractivity contribution is 7.88. The Morgan fingerprint density at radius 3 is 2.57 bits per heavy atom. The topological polar surface area (TPSA) is 133 Å². The number of rotatable bonds is 6. The number of halogens is 2. The molecule has 0 spiro atoms. The number of fused-ring (bicyclic) bond motifs is 1. The first kappa shape index (κ1) is 25.7. The second-order valence-corrected chi connectivity index (χ2v) is 11.4. The summed E-state index contributed by atoms with van der Waals surface area (Å²) < 4.78 is 41.6. The van der Waals surface area contributed by atoms with Crippen molar-refractivity contribution in [1.29, 1.82) is 0 Å². The van der Waals surface area contributed by atoms with Crippen molar-refractivity contribution in [2.75, 3.05) is 24.7 Å². The van der Waals surface area contributed by atoms with E-state index in [1.165, 1.54) is 16.6 Å². The molecule has 0 bridgehead atoms. The van der Waals surface area contributed by atoms with Crippen molar-refractivity contribution in [3.8, 4) is 11.3 Å². The molecule has 1 fully saturated rings. The first-order chi connectivity index (χ1) is 16.4. The summed E-state index contributed by atoms with van der Waals surface area (Å²) in [6, 6.07) is 2.44. The van der Waals surface area contributed by atoms with Gasteiger partial charge in [-0.1, -0.05) is 11.6 Å². The minimum Gasteiger partial charge on any atom is -0.390 e. The van der Waals surface area contributed by atoms with Crippen LogP contribution >= 0.6 is 11.6 Å². The number of imidazole rings is 1. The summed E-state index contributed by atoms with van der Waals surface area (Å²) in [4.78, 5) is 12.9. The van der Waals surface area contributed by atoms with E-state index in [9.17, 15) is 18.6 Å². The number of aromatic nitrogens is 4. The Bertz CT molecular complexity index is 1360. The molecule has 1 aromatic carbocycles. The highest BCUT2D eigenvalue weighted by atomic mass is 35.5. The van der Waals surface area contributed by atoms with E-state index in [-0.39, 0.29) is 41.3 Å². The maximum atomic E-state index is 15.1. The quantitative estimate of drug-likeness (QED) is 0.446. The molecule has 3 N–H and O–H groups in total. The van der Waals surface area contributed by atoms with Gasteiger partial charge in [-0.25, -0.2) is 27.8 Å². The van der Waals surface area contributed by atoms with Crippen molar-refractivity contribution >= 4 is 38.6 Å². The van der Waals surface area contributed by atoms with E-state index in [0.29, 0.717) is 23.3 Å². The summed E-state index contributed by atoms with van der Waals surface area (Å²) in [5.74, 6) is -0.0491. The molecule has 0 radical (unpaired) electrons. The Labute approximate surface area is 207 Å². The van der Waals surface area contributed by atoms with Crippen LogP contribution < -0.4 is 5.32 Å². The van der Waals surface area contributed by atoms with Crippen molar-refractivity contribution in [2.24, 2.45) is 0 Å². The second-order valence-electron chi connectivity index (χ2n) is 9.05. The number of sulfonamides is 1. The van der Waals surface area contributed by atoms with Gasteiger partial charge in [-0.2, -0.15) is 4.31 Å². The molecular weight excluding hydrogens is 499 g/mol. The lowest BCUT2D eigenvalue weighted by molar-refractivity contribution is 0.0950. The van der Waals surface area contributed by atoms with Crippen molar-refractivity contribution in [3.63, 3.8) is 0 Å². The molecule has 35 heavy (non-hydrogen) atoms. The van der Waals surface area contributed by atoms with E-state index in [1.54, 1.807) is 17.6 Å². The number of aliphatic hydroxyl groups is 2. The minimum absolute atomic E-state index is 0.0381. The van der Waals surface area contributed by atoms with E-state index in [2.05, 4.69) is 20.3 Å². The summed E-state index contributed by atoms with van der Waals surface area (Å²) in [5, 5.41) is 23.8. The molecule has 4 rings (SSSR count). The number of hydrogen-bond donors (Lipinski definition) is 3. The molecule has 1 aliphatic rings. The molecular formula is C22H28ClFN6O4S. The van der Waals surface area contributed by atoms with E-state index >= 15 is 4.39 Å². The number of β-amino-alcohol motifs (C(OH)–C–C–N with tert-alkyl or cyclic N) is 1. The molecule has 0 aliphatic carbocycles. The zero-order chi connectivity index (χ0) is 25.7. The fourth-order valence-corrected chi connectivity index (χ4v) is 5.38. The zero-order valence-corrected chi connectivity index (χ0v) is 21.3. The van der Waals surface area contributed by atoms with Crippen molar-refractivity contribution in [1.82, 2.24) is 23.8 Å². The lowest BCUT2D eigenvalue weighted by Crippen LogP contribution is -2.51. The van der Waals surface area contributed by atoms with Gasteiger partial charge in [0, 0.05) is 24.7 Å². The molecule has 3 aromatic rings. The third-order valence-electron chi connectivity index (χ3n) is 6.01. The van der Waals surface area contributed by atoms with Gasteiger partial charge in [0.05, 0.1) is 40.8 Å². The molecule has 1 saturated heterocycles. The van der Waals surface area contributed by atoms with Gasteiger partial charge >= 0.3 is 0 Å². The van der Waals surface area contributed by atoms with Crippen LogP contribution in [0.15, 0.2) is 18.3 Å². The highest BCUT2D eigenvalue weighted by Gasteiger charge is 2.32. The third-order valence-corrected chi connectivity index (χ3v) is 7.56. The third kappa shape index (κ3) is 5.12. The molecule has 3 heterocycles. The SMILES string of the molecule is CC(O)c1nc2c(F)cc(-c3nc(N[C@@H]4CCN(S(C)(=O)=O)C[C@H]4O)ncc3Cl)cc2n1C(C)C. The summed E-state index contributed by atoms with van der Waals surface area (Å²) in [6.07, 6.45) is 0.993. The number of nitrogens with zero attached hydrogens (tertiary/aromatic N) is 5. The molecule has 0 amide bonds. The van der Waals surface area contributed by atoms with Crippen LogP contribution in [0.25, 0.3) is 22.3 Å². The first-order valence-corrected chi connectivity index (χ1v) is 13.4.